The van der Waals surface area contributed by atoms with Crippen LogP contribution < -0.4 is 15.4 Å². The average molecular weight is 1120 g/mol. The van der Waals surface area contributed by atoms with Crippen molar-refractivity contribution in [1.82, 2.24) is 25.4 Å². The Balaban J connectivity index is 0.817. The van der Waals surface area contributed by atoms with E-state index in [0.717, 1.165) is 25.2 Å². The summed E-state index contributed by atoms with van der Waals surface area (Å²) in [6, 6.07) is 5.96. The topological polar surface area (TPSA) is 236 Å². The lowest BCUT2D eigenvalue weighted by Gasteiger charge is -2.62. The number of carboxylic acid groups (broad SMARTS) is 1. The van der Waals surface area contributed by atoms with Crippen LogP contribution in [0.4, 0.5) is 4.79 Å². The molecular formula is C63H90N6O10S. The molecule has 2 aromatic rings. The number of nitrogens with one attached hydrogen (secondary N) is 2. The summed E-state index contributed by atoms with van der Waals surface area (Å²) in [5, 5.41) is 37.1. The van der Waals surface area contributed by atoms with Crippen LogP contribution in [-0.4, -0.2) is 112 Å². The maximum atomic E-state index is 13.7. The Bertz CT molecular complexity index is 2780. The highest BCUT2D eigenvalue weighted by molar-refractivity contribution is 7.19. The van der Waals surface area contributed by atoms with Crippen LogP contribution in [0.2, 0.25) is 0 Å². The fourth-order valence-corrected chi connectivity index (χ4v) is 16.2. The molecule has 0 saturated heterocycles. The third kappa shape index (κ3) is 13.9. The number of aliphatic hydroxyl groups excluding tert-OH is 1. The molecule has 5 aliphatic carbocycles. The number of carbonyl (C=O) groups excluding carboxylic acids is 6. The Hall–Kier alpha value is -5.47. The molecule has 80 heavy (non-hydrogen) atoms. The number of aliphatic hydroxyl groups is 1. The molecule has 16 nitrogen and oxygen atoms in total. The Kier molecular flexibility index (Phi) is 20.3. The summed E-state index contributed by atoms with van der Waals surface area (Å²) in [7, 11) is 1.63. The zero-order chi connectivity index (χ0) is 58.4. The van der Waals surface area contributed by atoms with Gasteiger partial charge in [-0.25, -0.2) is 14.6 Å². The number of carboxylic acids is 1. The number of unbranched alkanes of at least 4 members (excludes halogenated alkanes) is 3. The van der Waals surface area contributed by atoms with E-state index in [1.807, 2.05) is 6.07 Å². The Morgan fingerprint density at radius 3 is 2.31 bits per heavy atom. The molecule has 7 rings (SSSR count). The standard InChI is InChI=1S/C63H90N6O10S/c1-37-24-26-62(8)42(32-37)33-49(70)55-45-21-20-44(63(45,9)27-25-46(55)62)38(2)18-23-52(72)66-48(59(76)77)16-13-14-28-65-51(71)17-12-11-15-29-69(60(78)79-43-19-22-47-50(34-43)80-53(36-64)67-47)31-30-68(10)54(73)35-61(6,7)56-41(5)57(74)39(3)40(4)58(56)75/h19,22,34,37-38,42,44-46,48-49,55,70H,11-18,20-21,23-33,35H2,1-10H3,(H,65,71)(H,66,72)(H,76,77)/t37-,38-,42+,44-,45+,46+,48?,49-,55+,62+,63-/m1/s1. The quantitative estimate of drug-likeness (QED) is 0.0567. The lowest BCUT2D eigenvalue weighted by molar-refractivity contribution is -0.168. The number of thiazole rings is 1. The molecule has 1 aromatic carbocycles. The molecule has 1 unspecified atom stereocenters. The first-order valence-corrected chi connectivity index (χ1v) is 30.6. The van der Waals surface area contributed by atoms with Crippen LogP contribution in [0.25, 0.3) is 10.2 Å². The number of allylic oxidation sites excluding steroid dienone is 4. The summed E-state index contributed by atoms with van der Waals surface area (Å²) in [5.74, 6) is 1.68. The van der Waals surface area contributed by atoms with Gasteiger partial charge >= 0.3 is 12.1 Å². The molecule has 4 saturated carbocycles. The molecule has 0 spiro atoms. The second kappa shape index (κ2) is 26.2. The van der Waals surface area contributed by atoms with Crippen LogP contribution in [0.3, 0.4) is 0 Å². The van der Waals surface area contributed by atoms with E-state index in [4.69, 9.17) is 4.74 Å². The SMILES string of the molecule is CC1=C(C)C(=O)C(C(C)(C)CC(=O)N(C)CCN(CCCCCC(=O)NCCCCC(NC(=O)CC[C@@H](C)[C@H]2CC[C@H]3[C@@H]4[C@H](O)C[C@@H]5C[C@H](C)CC[C@]5(C)[C@H]4CC[C@]23C)C(=O)O)C(=O)Oc2ccc3nc(C#N)sc3c2)=C(C)C1=O. The number of likely N-dealkylation sites (N-methyl/N-ethyl adjacent to an activating group) is 1. The highest BCUT2D eigenvalue weighted by Crippen LogP contribution is 2.68. The number of nitrogens with zero attached hydrogens (tertiary/aromatic N) is 4. The number of ether oxygens (including phenoxy) is 1. The van der Waals surface area contributed by atoms with Gasteiger partial charge in [0.05, 0.1) is 16.3 Å². The molecule has 1 heterocycles. The predicted molar refractivity (Wildman–Crippen MR) is 308 cm³/mol. The Morgan fingerprint density at radius 1 is 0.875 bits per heavy atom. The molecule has 1 aromatic heterocycles. The van der Waals surface area contributed by atoms with Crippen molar-refractivity contribution >= 4 is 62.9 Å². The Morgan fingerprint density at radius 2 is 1.59 bits per heavy atom. The van der Waals surface area contributed by atoms with Gasteiger partial charge < -0.3 is 35.4 Å². The minimum atomic E-state index is -1.07. The second-order valence-electron chi connectivity index (χ2n) is 25.9. The lowest BCUT2D eigenvalue weighted by atomic mass is 9.43. The summed E-state index contributed by atoms with van der Waals surface area (Å²) < 4.78 is 6.48. The maximum Gasteiger partial charge on any atom is 0.415 e. The first-order chi connectivity index (χ1) is 37.8. The van der Waals surface area contributed by atoms with Gasteiger partial charge in [0.2, 0.25) is 17.7 Å². The average Bonchev–Trinajstić information content (AvgIpc) is 4.12. The van der Waals surface area contributed by atoms with E-state index in [1.165, 1.54) is 53.2 Å². The van der Waals surface area contributed by atoms with Gasteiger partial charge in [-0.1, -0.05) is 54.4 Å². The van der Waals surface area contributed by atoms with E-state index in [2.05, 4.69) is 43.3 Å². The van der Waals surface area contributed by atoms with Gasteiger partial charge in [-0.2, -0.15) is 5.26 Å². The van der Waals surface area contributed by atoms with Crippen molar-refractivity contribution in [1.29, 1.82) is 5.26 Å². The van der Waals surface area contributed by atoms with Crippen molar-refractivity contribution in [2.75, 3.05) is 33.2 Å². The molecule has 5 aliphatic rings. The molecule has 11 atom stereocenters. The number of hydrogen-bond acceptors (Lipinski definition) is 12. The first kappa shape index (κ1) is 62.1. The fourth-order valence-electron chi connectivity index (χ4n) is 15.4. The van der Waals surface area contributed by atoms with E-state index in [-0.39, 0.29) is 96.9 Å². The van der Waals surface area contributed by atoms with Crippen molar-refractivity contribution in [3.8, 4) is 11.8 Å². The largest absolute Gasteiger partial charge is 0.480 e. The zero-order valence-electron chi connectivity index (χ0n) is 49.3. The van der Waals surface area contributed by atoms with Gasteiger partial charge in [0, 0.05) is 86.3 Å². The van der Waals surface area contributed by atoms with E-state index in [1.54, 1.807) is 59.9 Å². The third-order valence-corrected chi connectivity index (χ3v) is 21.2. The number of nitriles is 1. The summed E-state index contributed by atoms with van der Waals surface area (Å²) in [4.78, 5) is 99.3. The van der Waals surface area contributed by atoms with Gasteiger partial charge in [-0.05, 0) is 169 Å². The molecule has 0 bridgehead atoms. The molecular weight excluding hydrogens is 1030 g/mol. The molecule has 4 fully saturated rings. The minimum Gasteiger partial charge on any atom is -0.480 e. The molecule has 0 radical (unpaired) electrons. The van der Waals surface area contributed by atoms with Crippen LogP contribution >= 0.6 is 11.3 Å². The number of Topliss-reactive ketones (excluding diaryl/α,β-unsaturated/α-hetero) is 2. The predicted octanol–water partition coefficient (Wildman–Crippen LogP) is 10.7. The number of rotatable bonds is 24. The third-order valence-electron chi connectivity index (χ3n) is 20.2. The van der Waals surface area contributed by atoms with Gasteiger partial charge in [0.15, 0.2) is 16.6 Å². The van der Waals surface area contributed by atoms with Crippen LogP contribution in [-0.2, 0) is 28.8 Å². The van der Waals surface area contributed by atoms with Gasteiger partial charge in [0.25, 0.3) is 0 Å². The van der Waals surface area contributed by atoms with Crippen LogP contribution in [0.15, 0.2) is 40.5 Å². The van der Waals surface area contributed by atoms with Crippen molar-refractivity contribution in [2.24, 2.45) is 57.7 Å². The number of fused-ring (bicyclic) bond motifs is 6. The molecule has 17 heteroatoms. The Labute approximate surface area is 478 Å². The molecule has 4 amide bonds. The van der Waals surface area contributed by atoms with E-state index in [9.17, 15) is 49.0 Å². The summed E-state index contributed by atoms with van der Waals surface area (Å²) in [6.45, 7) is 19.0. The van der Waals surface area contributed by atoms with Gasteiger partial charge in [0.1, 0.15) is 17.9 Å². The lowest BCUT2D eigenvalue weighted by Crippen LogP contribution is -2.58. The van der Waals surface area contributed by atoms with E-state index < -0.39 is 23.5 Å². The first-order valence-electron chi connectivity index (χ1n) is 29.8. The highest BCUT2D eigenvalue weighted by atomic mass is 32.1. The van der Waals surface area contributed by atoms with Crippen molar-refractivity contribution in [3.63, 3.8) is 0 Å². The number of aliphatic carboxylic acids is 1. The number of benzene rings is 1. The van der Waals surface area contributed by atoms with E-state index >= 15 is 0 Å². The maximum absolute atomic E-state index is 13.7. The van der Waals surface area contributed by atoms with Gasteiger partial charge in [-0.3, -0.25) is 24.0 Å². The number of aromatic nitrogens is 1. The van der Waals surface area contributed by atoms with Crippen LogP contribution in [0.5, 0.6) is 5.75 Å². The van der Waals surface area contributed by atoms with Crippen molar-refractivity contribution in [3.05, 3.63) is 45.5 Å². The van der Waals surface area contributed by atoms with E-state index in [0.29, 0.717) is 119 Å². The van der Waals surface area contributed by atoms with Crippen molar-refractivity contribution < 1.29 is 48.5 Å². The number of amides is 4. The monoisotopic (exact) mass is 1120 g/mol. The molecule has 0 aliphatic heterocycles. The summed E-state index contributed by atoms with van der Waals surface area (Å²) >= 11 is 1.18. The minimum absolute atomic E-state index is 0.0385. The summed E-state index contributed by atoms with van der Waals surface area (Å²) in [6.07, 6.45) is 12.7. The molecule has 4 N–H and O–H groups in total. The number of ketones is 2. The van der Waals surface area contributed by atoms with Crippen LogP contribution in [0, 0.1) is 69.0 Å². The summed E-state index contributed by atoms with van der Waals surface area (Å²) in [5.41, 5.74) is 1.60. The highest BCUT2D eigenvalue weighted by Gasteiger charge is 2.62. The fraction of sp³-hybridized carbons (Fsp3) is 0.698. The second-order valence-corrected chi connectivity index (χ2v) is 27.0. The molecule has 438 valence electrons. The number of hydrogen-bond donors (Lipinski definition) is 4. The zero-order valence-corrected chi connectivity index (χ0v) is 50.2. The van der Waals surface area contributed by atoms with Gasteiger partial charge in [-0.15, -0.1) is 11.3 Å². The van der Waals surface area contributed by atoms with Crippen molar-refractivity contribution in [2.45, 2.75) is 190 Å². The smallest absolute Gasteiger partial charge is 0.415 e. The normalized spacial score (nSPS) is 27.4. The van der Waals surface area contributed by atoms with Crippen LogP contribution in [0.1, 0.15) is 183 Å². The number of carbonyl (C=O) groups is 7.